The number of esters is 1. The van der Waals surface area contributed by atoms with Crippen LogP contribution in [-0.4, -0.2) is 136 Å². The average Bonchev–Trinajstić information content (AvgIpc) is 3.96. The molecular weight excluding hydrogens is 853 g/mol. The van der Waals surface area contributed by atoms with Gasteiger partial charge in [-0.15, -0.1) is 0 Å². The number of hydrogen-bond acceptors (Lipinski definition) is 18. The van der Waals surface area contributed by atoms with Crippen LogP contribution in [0.15, 0.2) is 76.6 Å². The van der Waals surface area contributed by atoms with E-state index < -0.39 is 85.8 Å². The topological polar surface area (TPSA) is 309 Å². The van der Waals surface area contributed by atoms with Crippen molar-refractivity contribution in [1.29, 1.82) is 0 Å². The van der Waals surface area contributed by atoms with E-state index in [9.17, 15) is 45.3 Å². The number of rotatable bonds is 15. The lowest BCUT2D eigenvalue weighted by Gasteiger charge is -2.48. The highest BCUT2D eigenvalue weighted by Gasteiger charge is 2.60. The lowest BCUT2D eigenvalue weighted by atomic mass is 9.78. The third-order valence-electron chi connectivity index (χ3n) is 12.9. The summed E-state index contributed by atoms with van der Waals surface area (Å²) < 4.78 is 43.6. The molecule has 0 bridgehead atoms. The fourth-order valence-electron chi connectivity index (χ4n) is 9.99. The maximum atomic E-state index is 12.5. The van der Waals surface area contributed by atoms with Gasteiger partial charge in [-0.3, -0.25) is 19.5 Å². The average molecular weight is 904 g/mol. The molecule has 6 aliphatic heterocycles. The number of fused-ring (bicyclic) bond motifs is 8. The molecule has 20 heteroatoms. The van der Waals surface area contributed by atoms with Gasteiger partial charge in [0.25, 0.3) is 0 Å². The first-order valence-corrected chi connectivity index (χ1v) is 21.3. The summed E-state index contributed by atoms with van der Waals surface area (Å²) in [5, 5.41) is 74.9. The molecule has 20 nitrogen and oxygen atoms in total. The zero-order valence-corrected chi connectivity index (χ0v) is 34.9. The maximum Gasteiger partial charge on any atom is 0.317 e. The minimum Gasteiger partial charge on any atom is -0.489 e. The van der Waals surface area contributed by atoms with Crippen LogP contribution in [0.5, 0.6) is 28.7 Å². The zero-order chi connectivity index (χ0) is 45.7. The number of aliphatic hydroxyl groups excluding tert-OH is 5. The number of nitrogens with two attached hydrogens (primary N) is 2. The van der Waals surface area contributed by atoms with Gasteiger partial charge in [-0.1, -0.05) is 36.4 Å². The number of aliphatic carboxylic acids is 1. The Balaban J connectivity index is 1.18. The molecule has 6 heterocycles. The van der Waals surface area contributed by atoms with Crippen LogP contribution in [0.4, 0.5) is 0 Å². The van der Waals surface area contributed by atoms with Gasteiger partial charge in [0.2, 0.25) is 12.0 Å². The highest BCUT2D eigenvalue weighted by atomic mass is 16.7. The molecule has 0 spiro atoms. The van der Waals surface area contributed by atoms with Gasteiger partial charge in [0.15, 0.2) is 35.7 Å². The Kier molecular flexibility index (Phi) is 12.3. The number of hydrogen-bond donors (Lipinski definition) is 10. The first kappa shape index (κ1) is 44.5. The van der Waals surface area contributed by atoms with E-state index in [0.29, 0.717) is 52.5 Å². The second-order valence-electron chi connectivity index (χ2n) is 16.8. The molecule has 10 unspecified atom stereocenters. The van der Waals surface area contributed by atoms with Crippen molar-refractivity contribution in [3.05, 3.63) is 99.4 Å². The molecule has 3 aromatic carbocycles. The Hall–Kier alpha value is -5.65. The molecule has 9 rings (SSSR count). The summed E-state index contributed by atoms with van der Waals surface area (Å²) in [5.74, 6) is -1.93. The van der Waals surface area contributed by atoms with E-state index in [0.717, 1.165) is 21.6 Å². The van der Waals surface area contributed by atoms with E-state index >= 15 is 0 Å². The van der Waals surface area contributed by atoms with Crippen LogP contribution in [-0.2, 0) is 38.4 Å². The van der Waals surface area contributed by atoms with E-state index in [1.54, 1.807) is 18.3 Å². The number of nitrogens with zero attached hydrogens (tertiary/aromatic N) is 1. The first-order valence-electron chi connectivity index (χ1n) is 21.3. The van der Waals surface area contributed by atoms with Crippen molar-refractivity contribution < 1.29 is 83.4 Å². The fraction of sp³-hybridized carbons (Fsp3) is 0.444. The summed E-state index contributed by atoms with van der Waals surface area (Å²) in [5.41, 5.74) is 15.5. The number of carbonyl (C=O) groups excluding carboxylic acids is 1. The lowest BCUT2D eigenvalue weighted by molar-refractivity contribution is -0.867. The quantitative estimate of drug-likeness (QED) is 0.0464. The van der Waals surface area contributed by atoms with Crippen molar-refractivity contribution in [2.75, 3.05) is 33.2 Å². The molecule has 6 aliphatic rings. The highest BCUT2D eigenvalue weighted by Crippen LogP contribution is 2.60. The largest absolute Gasteiger partial charge is 0.489 e. The second-order valence-corrected chi connectivity index (χ2v) is 16.8. The van der Waals surface area contributed by atoms with Crippen LogP contribution in [0.1, 0.15) is 52.7 Å². The second kappa shape index (κ2) is 18.0. The van der Waals surface area contributed by atoms with Crippen molar-refractivity contribution in [1.82, 2.24) is 0 Å². The minimum absolute atomic E-state index is 0.0481. The molecule has 1 saturated heterocycles. The normalized spacial score (nSPS) is 28.5. The van der Waals surface area contributed by atoms with Gasteiger partial charge < -0.3 is 80.4 Å². The van der Waals surface area contributed by atoms with Crippen molar-refractivity contribution in [2.24, 2.45) is 16.5 Å². The van der Waals surface area contributed by atoms with Gasteiger partial charge in [0, 0.05) is 46.5 Å². The lowest BCUT2D eigenvalue weighted by Crippen LogP contribution is -3.08. The number of ether oxygens (including phenoxy) is 7. The van der Waals surface area contributed by atoms with Crippen LogP contribution >= 0.6 is 0 Å². The number of benzene rings is 3. The van der Waals surface area contributed by atoms with Gasteiger partial charge in [-0.05, 0) is 30.5 Å². The predicted octanol–water partition coefficient (Wildman–Crippen LogP) is -1.65. The van der Waals surface area contributed by atoms with Crippen molar-refractivity contribution in [3.8, 4) is 28.7 Å². The Morgan fingerprint density at radius 2 is 1.82 bits per heavy atom. The molecule has 0 amide bonds. The molecule has 0 radical (unpaired) electrons. The third kappa shape index (κ3) is 7.98. The molecule has 12 N–H and O–H groups in total. The summed E-state index contributed by atoms with van der Waals surface area (Å²) in [6, 6.07) is 14.9. The summed E-state index contributed by atoms with van der Waals surface area (Å²) in [7, 11) is 0. The first-order chi connectivity index (χ1) is 31.3. The van der Waals surface area contributed by atoms with Crippen molar-refractivity contribution in [2.45, 2.75) is 92.8 Å². The third-order valence-corrected chi connectivity index (χ3v) is 12.9. The molecule has 65 heavy (non-hydrogen) atoms. The fourth-order valence-corrected chi connectivity index (χ4v) is 9.99. The summed E-state index contributed by atoms with van der Waals surface area (Å²) in [6.45, 7) is -0.653. The van der Waals surface area contributed by atoms with Gasteiger partial charge in [0.05, 0.1) is 18.7 Å². The Morgan fingerprint density at radius 3 is 2.54 bits per heavy atom. The molecule has 346 valence electrons. The van der Waals surface area contributed by atoms with Crippen LogP contribution in [0.3, 0.4) is 0 Å². The minimum atomic E-state index is -2.28. The van der Waals surface area contributed by atoms with E-state index in [2.05, 4.69) is 4.99 Å². The van der Waals surface area contributed by atoms with E-state index in [-0.39, 0.29) is 56.5 Å². The molecular formula is C45H51N4O16+. The Bertz CT molecular complexity index is 2430. The van der Waals surface area contributed by atoms with Crippen LogP contribution < -0.4 is 40.1 Å². The number of allylic oxidation sites excluding steroid dienone is 1. The van der Waals surface area contributed by atoms with E-state index in [4.69, 9.17) is 44.6 Å². The Labute approximate surface area is 371 Å². The van der Waals surface area contributed by atoms with E-state index in [1.807, 2.05) is 42.5 Å². The standard InChI is InChI=1S/C45H50N4O16/c46-43(47)41(63-32(55)16-31(53)54)40-36(56)42(57)45(58)10-8-23-25(18-49-17-22-9-11-48-35(22)26(49)19-51)34-30(15-28(23)62-44(45)65-40)61-29(14-21-4-2-1-3-5-21)33-24-6-7-27(60-20-52)38(59-13-12-50)37(24)64-39(33)34/h1-7,9,11,15,29,33,36,39-44,50-52,56-58H,8,10,12-14,16-20,46-47H2,(H,53,54)/p+1. The van der Waals surface area contributed by atoms with Crippen molar-refractivity contribution in [3.63, 3.8) is 0 Å². The van der Waals surface area contributed by atoms with Crippen LogP contribution in [0.2, 0.25) is 0 Å². The molecule has 0 saturated carbocycles. The highest BCUT2D eigenvalue weighted by molar-refractivity contribution is 5.90. The molecule has 1 fully saturated rings. The van der Waals surface area contributed by atoms with Crippen LogP contribution in [0.25, 0.3) is 0 Å². The molecule has 0 aromatic heterocycles. The van der Waals surface area contributed by atoms with Crippen molar-refractivity contribution >= 4 is 18.2 Å². The maximum absolute atomic E-state index is 12.5. The van der Waals surface area contributed by atoms with Gasteiger partial charge in [-0.25, -0.2) is 0 Å². The number of carbonyl (C=O) groups is 2. The number of aliphatic imine (C=N–C) groups is 1. The summed E-state index contributed by atoms with van der Waals surface area (Å²) in [4.78, 5) is 29.2. The molecule has 0 aliphatic carbocycles. The monoisotopic (exact) mass is 903 g/mol. The van der Waals surface area contributed by atoms with Gasteiger partial charge >= 0.3 is 11.9 Å². The number of carboxylic acid groups (broad SMARTS) is 1. The molecule has 3 aromatic rings. The molecule has 10 atom stereocenters. The number of carboxylic acids is 1. The zero-order valence-electron chi connectivity index (χ0n) is 34.9. The smallest absolute Gasteiger partial charge is 0.317 e. The SMILES string of the molecule is NC(N)C(OC(=O)CC(=O)O)C1OC2Oc3cc4c(c(C[NH+]5CC6=CC=NC6=C5CO)c3CCC2(O)C(O)C1O)C1Oc2c(ccc(OCO)c2OCCO)C1C(Cc1ccccc1)O4. The summed E-state index contributed by atoms with van der Waals surface area (Å²) in [6.07, 6.45) is -9.11. The van der Waals surface area contributed by atoms with Gasteiger partial charge in [0.1, 0.15) is 80.4 Å². The number of nitrogens with one attached hydrogen (secondary N) is 1. The Morgan fingerprint density at radius 1 is 1.02 bits per heavy atom. The number of aliphatic hydroxyl groups is 6. The summed E-state index contributed by atoms with van der Waals surface area (Å²) >= 11 is 0. The predicted molar refractivity (Wildman–Crippen MR) is 223 cm³/mol. The van der Waals surface area contributed by atoms with Crippen LogP contribution in [0, 0.1) is 0 Å². The van der Waals surface area contributed by atoms with Gasteiger partial charge in [-0.2, -0.15) is 0 Å². The number of quaternary nitrogens is 1. The van der Waals surface area contributed by atoms with E-state index in [1.165, 1.54) is 0 Å².